The molecule has 4 heteroatoms. The van der Waals surface area contributed by atoms with Gasteiger partial charge in [-0.25, -0.2) is 0 Å². The zero-order valence-electron chi connectivity index (χ0n) is 4.20. The maximum Gasteiger partial charge on any atom is 0.214 e. The smallest absolute Gasteiger partial charge is 0.214 e. The Balaban J connectivity index is 3.62. The molecule has 4 nitrogen and oxygen atoms in total. The van der Waals surface area contributed by atoms with Crippen LogP contribution in [-0.4, -0.2) is 29.8 Å². The van der Waals surface area contributed by atoms with Crippen molar-refractivity contribution in [3.05, 3.63) is 0 Å². The van der Waals surface area contributed by atoms with Gasteiger partial charge in [-0.2, -0.15) is 0 Å². The van der Waals surface area contributed by atoms with Crippen LogP contribution in [0.25, 0.3) is 0 Å². The van der Waals surface area contributed by atoms with Crippen molar-refractivity contribution in [3.63, 3.8) is 0 Å². The van der Waals surface area contributed by atoms with Gasteiger partial charge in [0.15, 0.2) is 6.29 Å². The molecule has 0 heterocycles. The van der Waals surface area contributed by atoms with E-state index in [1.807, 2.05) is 0 Å². The Kier molecular flexibility index (Phi) is 2.98. The predicted molar refractivity (Wildman–Crippen MR) is 26.1 cm³/mol. The molecule has 0 rings (SSSR count). The van der Waals surface area contributed by atoms with E-state index in [1.165, 1.54) is 0 Å². The van der Waals surface area contributed by atoms with E-state index in [4.69, 9.17) is 10.8 Å². The van der Waals surface area contributed by atoms with E-state index >= 15 is 0 Å². The van der Waals surface area contributed by atoms with E-state index in [1.54, 1.807) is 0 Å². The molecule has 0 aromatic carbocycles. The number of ketones is 1. The second kappa shape index (κ2) is 3.29. The fourth-order valence-electron chi connectivity index (χ4n) is 0.177. The Morgan fingerprint density at radius 1 is 1.88 bits per heavy atom. The predicted octanol–water partition coefficient (Wildman–Crippen LogP) is -1.93. The van der Waals surface area contributed by atoms with E-state index in [0.717, 1.165) is 0 Å². The molecule has 0 saturated heterocycles. The van der Waals surface area contributed by atoms with Gasteiger partial charge in [0.05, 0.1) is 12.6 Å². The van der Waals surface area contributed by atoms with Crippen molar-refractivity contribution in [1.82, 2.24) is 0 Å². The van der Waals surface area contributed by atoms with Crippen molar-refractivity contribution < 1.29 is 14.7 Å². The molecule has 0 saturated carbocycles. The van der Waals surface area contributed by atoms with Crippen LogP contribution in [0.3, 0.4) is 0 Å². The van der Waals surface area contributed by atoms with Crippen LogP contribution >= 0.6 is 0 Å². The number of aliphatic hydroxyl groups excluding tert-OH is 1. The van der Waals surface area contributed by atoms with E-state index < -0.39 is 18.4 Å². The number of nitrogens with two attached hydrogens (primary N) is 1. The minimum Gasteiger partial charge on any atom is -0.394 e. The minimum atomic E-state index is -1.03. The van der Waals surface area contributed by atoms with Gasteiger partial charge in [0.2, 0.25) is 5.78 Å². The van der Waals surface area contributed by atoms with Crippen LogP contribution in [0.4, 0.5) is 0 Å². The largest absolute Gasteiger partial charge is 0.394 e. The molecule has 0 aliphatic carbocycles. The second-order valence-corrected chi connectivity index (χ2v) is 1.31. The van der Waals surface area contributed by atoms with Gasteiger partial charge >= 0.3 is 0 Å². The number of hydrogen-bond acceptors (Lipinski definition) is 4. The molecule has 1 unspecified atom stereocenters. The van der Waals surface area contributed by atoms with Gasteiger partial charge in [0.1, 0.15) is 0 Å². The molecule has 0 aliphatic rings. The highest BCUT2D eigenvalue weighted by atomic mass is 16.3. The monoisotopic (exact) mass is 117 g/mol. The van der Waals surface area contributed by atoms with Gasteiger partial charge in [-0.15, -0.1) is 0 Å². The Bertz CT molecular complexity index is 101. The lowest BCUT2D eigenvalue weighted by atomic mass is 10.2. The first kappa shape index (κ1) is 7.26. The summed E-state index contributed by atoms with van der Waals surface area (Å²) >= 11 is 0. The summed E-state index contributed by atoms with van der Waals surface area (Å²) < 4.78 is 0. The summed E-state index contributed by atoms with van der Waals surface area (Å²) in [5.41, 5.74) is 4.90. The molecule has 0 bridgehead atoms. The number of rotatable bonds is 3. The number of aliphatic hydroxyl groups is 1. The molecule has 8 heavy (non-hydrogen) atoms. The average molecular weight is 117 g/mol. The highest BCUT2D eigenvalue weighted by molar-refractivity contribution is 6.27. The van der Waals surface area contributed by atoms with Crippen molar-refractivity contribution >= 4 is 12.1 Å². The molecule has 0 radical (unpaired) electrons. The molecule has 1 atom stereocenters. The van der Waals surface area contributed by atoms with Crippen molar-refractivity contribution in [3.8, 4) is 0 Å². The SMILES string of the molecule is NC(CO)C(=O)C=O. The summed E-state index contributed by atoms with van der Waals surface area (Å²) in [6, 6.07) is -1.03. The minimum absolute atomic E-state index is 0.0981. The standard InChI is InChI=1S/C4H7NO3/c5-3(1-6)4(8)2-7/h2-3,6H,1,5H2. The summed E-state index contributed by atoms with van der Waals surface area (Å²) in [6.07, 6.45) is 0.0981. The lowest BCUT2D eigenvalue weighted by Gasteiger charge is -1.97. The van der Waals surface area contributed by atoms with Crippen LogP contribution < -0.4 is 5.73 Å². The molecule has 0 spiro atoms. The third kappa shape index (κ3) is 1.81. The molecule has 3 N–H and O–H groups in total. The first-order valence-corrected chi connectivity index (χ1v) is 2.07. The van der Waals surface area contributed by atoms with Crippen LogP contribution in [0.1, 0.15) is 0 Å². The van der Waals surface area contributed by atoms with Gasteiger partial charge in [-0.1, -0.05) is 0 Å². The Hall–Kier alpha value is -0.740. The summed E-state index contributed by atoms with van der Waals surface area (Å²) in [5, 5.41) is 8.13. The van der Waals surface area contributed by atoms with E-state index in [9.17, 15) is 9.59 Å². The second-order valence-electron chi connectivity index (χ2n) is 1.31. The highest BCUT2D eigenvalue weighted by Crippen LogP contribution is 1.73. The number of hydrogen-bond donors (Lipinski definition) is 2. The van der Waals surface area contributed by atoms with Gasteiger partial charge in [0, 0.05) is 0 Å². The topological polar surface area (TPSA) is 80.4 Å². The van der Waals surface area contributed by atoms with Crippen LogP contribution in [-0.2, 0) is 9.59 Å². The highest BCUT2D eigenvalue weighted by Gasteiger charge is 2.08. The Morgan fingerprint density at radius 2 is 2.38 bits per heavy atom. The third-order valence-electron chi connectivity index (χ3n) is 0.678. The third-order valence-corrected chi connectivity index (χ3v) is 0.678. The van der Waals surface area contributed by atoms with Gasteiger partial charge < -0.3 is 10.8 Å². The lowest BCUT2D eigenvalue weighted by molar-refractivity contribution is -0.131. The van der Waals surface area contributed by atoms with Crippen molar-refractivity contribution in [2.45, 2.75) is 6.04 Å². The van der Waals surface area contributed by atoms with Gasteiger partial charge in [0.25, 0.3) is 0 Å². The number of carbonyl (C=O) groups is 2. The number of aldehydes is 1. The zero-order chi connectivity index (χ0) is 6.57. The van der Waals surface area contributed by atoms with Gasteiger partial charge in [-0.05, 0) is 0 Å². The Morgan fingerprint density at radius 3 is 2.50 bits per heavy atom. The quantitative estimate of drug-likeness (QED) is 0.333. The van der Waals surface area contributed by atoms with Crippen LogP contribution in [0.15, 0.2) is 0 Å². The first-order chi connectivity index (χ1) is 3.72. The summed E-state index contributed by atoms with van der Waals surface area (Å²) in [5.74, 6) is -0.771. The molecule has 46 valence electrons. The van der Waals surface area contributed by atoms with Crippen LogP contribution in [0.5, 0.6) is 0 Å². The Labute approximate surface area is 46.3 Å². The van der Waals surface area contributed by atoms with Crippen LogP contribution in [0, 0.1) is 0 Å². The van der Waals surface area contributed by atoms with E-state index in [-0.39, 0.29) is 6.29 Å². The maximum absolute atomic E-state index is 10.1. The molecule has 0 aromatic rings. The lowest BCUT2D eigenvalue weighted by Crippen LogP contribution is -2.34. The number of carbonyl (C=O) groups excluding carboxylic acids is 2. The van der Waals surface area contributed by atoms with Crippen molar-refractivity contribution in [2.24, 2.45) is 5.73 Å². The summed E-state index contributed by atoms with van der Waals surface area (Å²) in [7, 11) is 0. The van der Waals surface area contributed by atoms with Crippen LogP contribution in [0.2, 0.25) is 0 Å². The van der Waals surface area contributed by atoms with E-state index in [0.29, 0.717) is 0 Å². The molecule has 0 amide bonds. The number of Topliss-reactive ketones (excluding diaryl/α,β-unsaturated/α-hetero) is 1. The normalized spacial score (nSPS) is 12.8. The molecular formula is C4H7NO3. The average Bonchev–Trinajstić information content (AvgIpc) is 1.84. The fraction of sp³-hybridized carbons (Fsp3) is 0.500. The zero-order valence-corrected chi connectivity index (χ0v) is 4.20. The summed E-state index contributed by atoms with van der Waals surface area (Å²) in [6.45, 7) is -0.475. The van der Waals surface area contributed by atoms with E-state index in [2.05, 4.69) is 0 Å². The molecule has 0 aromatic heterocycles. The van der Waals surface area contributed by atoms with Crippen molar-refractivity contribution in [1.29, 1.82) is 0 Å². The maximum atomic E-state index is 10.1. The molecular weight excluding hydrogens is 110 g/mol. The fourth-order valence-corrected chi connectivity index (χ4v) is 0.177. The molecule has 0 aliphatic heterocycles. The first-order valence-electron chi connectivity index (χ1n) is 2.07. The summed E-state index contributed by atoms with van der Waals surface area (Å²) in [4.78, 5) is 19.7. The molecule has 0 fully saturated rings. The van der Waals surface area contributed by atoms with Crippen molar-refractivity contribution in [2.75, 3.05) is 6.61 Å². The van der Waals surface area contributed by atoms with Gasteiger partial charge in [-0.3, -0.25) is 9.59 Å².